The van der Waals surface area contributed by atoms with E-state index in [0.29, 0.717) is 22.7 Å². The number of amides is 1. The highest BCUT2D eigenvalue weighted by Gasteiger charge is 2.25. The van der Waals surface area contributed by atoms with Crippen LogP contribution in [0.4, 0.5) is 0 Å². The van der Waals surface area contributed by atoms with Gasteiger partial charge in [0.15, 0.2) is 6.10 Å². The number of phenolic OH excluding ortho intramolecular Hbond substituents is 1. The molecule has 1 aromatic heterocycles. The van der Waals surface area contributed by atoms with Crippen molar-refractivity contribution in [1.29, 1.82) is 0 Å². The lowest BCUT2D eigenvalue weighted by molar-refractivity contribution is -0.153. The molecular formula is C29H28ClN3O5. The molecular weight excluding hydrogens is 506 g/mol. The van der Waals surface area contributed by atoms with Gasteiger partial charge in [0.05, 0.1) is 12.3 Å². The molecule has 0 spiro atoms. The lowest BCUT2D eigenvalue weighted by Crippen LogP contribution is -2.41. The fourth-order valence-electron chi connectivity index (χ4n) is 4.11. The molecule has 9 heteroatoms. The van der Waals surface area contributed by atoms with Crippen LogP contribution in [-0.2, 0) is 16.0 Å². The molecule has 0 radical (unpaired) electrons. The van der Waals surface area contributed by atoms with Crippen molar-refractivity contribution in [2.75, 3.05) is 6.61 Å². The number of halogens is 1. The van der Waals surface area contributed by atoms with Crippen molar-refractivity contribution in [3.05, 3.63) is 95.1 Å². The van der Waals surface area contributed by atoms with E-state index < -0.39 is 24.0 Å². The van der Waals surface area contributed by atoms with Crippen molar-refractivity contribution in [3.8, 4) is 28.1 Å². The number of hydrogen-bond donors (Lipinski definition) is 4. The van der Waals surface area contributed by atoms with Crippen LogP contribution in [0, 0.1) is 0 Å². The molecule has 0 fully saturated rings. The van der Waals surface area contributed by atoms with E-state index in [4.69, 9.17) is 16.3 Å². The van der Waals surface area contributed by atoms with Crippen LogP contribution in [-0.4, -0.2) is 51.0 Å². The van der Waals surface area contributed by atoms with Gasteiger partial charge in [-0.15, -0.1) is 0 Å². The molecule has 0 aliphatic heterocycles. The molecule has 196 valence electrons. The maximum Gasteiger partial charge on any atom is 0.335 e. The summed E-state index contributed by atoms with van der Waals surface area (Å²) in [5.74, 6) is -1.16. The SMILES string of the molecule is CCOC(=O)[C@H](O)C[C@@H](Cc1ccc(-c2cccc(Cl)c2)cc1)NC(=O)c1cc(-c2ccccc2O)n[nH]1. The Hall–Kier alpha value is -4.14. The molecule has 1 heterocycles. The molecule has 0 unspecified atom stereocenters. The number of ether oxygens (including phenoxy) is 1. The number of aromatic nitrogens is 2. The van der Waals surface area contributed by atoms with Crippen molar-refractivity contribution in [2.24, 2.45) is 0 Å². The third kappa shape index (κ3) is 6.79. The Kier molecular flexibility index (Phi) is 8.78. The topological polar surface area (TPSA) is 125 Å². The van der Waals surface area contributed by atoms with E-state index in [9.17, 15) is 19.8 Å². The molecule has 0 saturated heterocycles. The van der Waals surface area contributed by atoms with Gasteiger partial charge in [0.2, 0.25) is 0 Å². The number of carbonyl (C=O) groups is 2. The number of phenols is 1. The Labute approximate surface area is 225 Å². The smallest absolute Gasteiger partial charge is 0.335 e. The fraction of sp³-hybridized carbons (Fsp3) is 0.207. The van der Waals surface area contributed by atoms with E-state index in [1.807, 2.05) is 48.5 Å². The first-order chi connectivity index (χ1) is 18.3. The van der Waals surface area contributed by atoms with Crippen LogP contribution in [0.1, 0.15) is 29.4 Å². The van der Waals surface area contributed by atoms with Crippen LogP contribution in [0.2, 0.25) is 5.02 Å². The summed E-state index contributed by atoms with van der Waals surface area (Å²) < 4.78 is 4.93. The molecule has 4 N–H and O–H groups in total. The van der Waals surface area contributed by atoms with E-state index in [1.54, 1.807) is 25.1 Å². The second kappa shape index (κ2) is 12.4. The second-order valence-electron chi connectivity index (χ2n) is 8.77. The average Bonchev–Trinajstić information content (AvgIpc) is 3.40. The third-order valence-electron chi connectivity index (χ3n) is 6.00. The molecule has 3 aromatic carbocycles. The molecule has 0 aliphatic rings. The molecule has 0 saturated carbocycles. The number of aromatic hydroxyl groups is 1. The number of para-hydroxylation sites is 1. The Balaban J connectivity index is 1.51. The van der Waals surface area contributed by atoms with Crippen molar-refractivity contribution in [1.82, 2.24) is 15.5 Å². The number of benzene rings is 3. The Morgan fingerprint density at radius 1 is 1.03 bits per heavy atom. The van der Waals surface area contributed by atoms with Gasteiger partial charge in [-0.1, -0.05) is 60.1 Å². The number of H-pyrrole nitrogens is 1. The van der Waals surface area contributed by atoms with Crippen LogP contribution in [0.3, 0.4) is 0 Å². The number of aliphatic hydroxyl groups excluding tert-OH is 1. The third-order valence-corrected chi connectivity index (χ3v) is 6.23. The van der Waals surface area contributed by atoms with Gasteiger partial charge in [-0.05, 0) is 60.4 Å². The normalized spacial score (nSPS) is 12.5. The van der Waals surface area contributed by atoms with Crippen LogP contribution in [0.5, 0.6) is 5.75 Å². The summed E-state index contributed by atoms with van der Waals surface area (Å²) in [7, 11) is 0. The highest BCUT2D eigenvalue weighted by molar-refractivity contribution is 6.30. The summed E-state index contributed by atoms with van der Waals surface area (Å²) in [5, 5.41) is 30.8. The molecule has 2 atom stereocenters. The van der Waals surface area contributed by atoms with Crippen molar-refractivity contribution in [2.45, 2.75) is 31.9 Å². The molecule has 1 amide bonds. The van der Waals surface area contributed by atoms with Gasteiger partial charge >= 0.3 is 5.97 Å². The van der Waals surface area contributed by atoms with E-state index in [0.717, 1.165) is 16.7 Å². The van der Waals surface area contributed by atoms with Crippen LogP contribution >= 0.6 is 11.6 Å². The average molecular weight is 534 g/mol. The summed E-state index contributed by atoms with van der Waals surface area (Å²) in [6, 6.07) is 22.9. The largest absolute Gasteiger partial charge is 0.507 e. The standard InChI is InChI=1S/C29H28ClN3O5/c1-2-38-29(37)27(35)16-22(14-18-10-12-19(13-11-18)20-6-5-7-21(30)15-20)31-28(36)25-17-24(32-33-25)23-8-3-4-9-26(23)34/h3-13,15,17,22,27,34-35H,2,14,16H2,1H3,(H,31,36)(H,32,33)/t22-,27-/m1/s1. The molecule has 8 nitrogen and oxygen atoms in total. The van der Waals surface area contributed by atoms with Gasteiger partial charge in [-0.3, -0.25) is 9.89 Å². The Morgan fingerprint density at radius 2 is 1.79 bits per heavy atom. The summed E-state index contributed by atoms with van der Waals surface area (Å²) in [6.45, 7) is 1.80. The predicted octanol–water partition coefficient (Wildman–Crippen LogP) is 4.76. The first-order valence-electron chi connectivity index (χ1n) is 12.2. The number of nitrogens with one attached hydrogen (secondary N) is 2. The number of hydrogen-bond acceptors (Lipinski definition) is 6. The number of aliphatic hydroxyl groups is 1. The maximum absolute atomic E-state index is 13.1. The maximum atomic E-state index is 13.1. The zero-order valence-electron chi connectivity index (χ0n) is 20.7. The first-order valence-corrected chi connectivity index (χ1v) is 12.6. The van der Waals surface area contributed by atoms with E-state index >= 15 is 0 Å². The van der Waals surface area contributed by atoms with Crippen LogP contribution in [0.25, 0.3) is 22.4 Å². The summed E-state index contributed by atoms with van der Waals surface area (Å²) in [6.07, 6.45) is -1.08. The monoisotopic (exact) mass is 533 g/mol. The summed E-state index contributed by atoms with van der Waals surface area (Å²) >= 11 is 6.11. The highest BCUT2D eigenvalue weighted by Crippen LogP contribution is 2.27. The molecule has 4 aromatic rings. The minimum absolute atomic E-state index is 0.0406. The van der Waals surface area contributed by atoms with Gasteiger partial charge in [0, 0.05) is 23.0 Å². The lowest BCUT2D eigenvalue weighted by Gasteiger charge is -2.21. The number of esters is 1. The fourth-order valence-corrected chi connectivity index (χ4v) is 4.30. The van der Waals surface area contributed by atoms with Gasteiger partial charge in [0.25, 0.3) is 5.91 Å². The number of nitrogens with zero attached hydrogens (tertiary/aromatic N) is 1. The van der Waals surface area contributed by atoms with Crippen LogP contribution < -0.4 is 5.32 Å². The minimum atomic E-state index is -1.40. The van der Waals surface area contributed by atoms with Gasteiger partial charge in [-0.2, -0.15) is 5.10 Å². The highest BCUT2D eigenvalue weighted by atomic mass is 35.5. The van der Waals surface area contributed by atoms with E-state index in [1.165, 1.54) is 12.1 Å². The number of carbonyl (C=O) groups excluding carboxylic acids is 2. The molecule has 0 aliphatic carbocycles. The van der Waals surface area contributed by atoms with Crippen molar-refractivity contribution in [3.63, 3.8) is 0 Å². The number of rotatable bonds is 10. The summed E-state index contributed by atoms with van der Waals surface area (Å²) in [4.78, 5) is 25.1. The zero-order chi connectivity index (χ0) is 27.1. The summed E-state index contributed by atoms with van der Waals surface area (Å²) in [5.41, 5.74) is 3.93. The minimum Gasteiger partial charge on any atom is -0.507 e. The Bertz CT molecular complexity index is 1400. The molecule has 4 rings (SSSR count). The van der Waals surface area contributed by atoms with Crippen molar-refractivity contribution < 1.29 is 24.5 Å². The van der Waals surface area contributed by atoms with Crippen LogP contribution in [0.15, 0.2) is 78.9 Å². The van der Waals surface area contributed by atoms with Gasteiger partial charge in [-0.25, -0.2) is 4.79 Å². The zero-order valence-corrected chi connectivity index (χ0v) is 21.5. The molecule has 0 bridgehead atoms. The number of aromatic amines is 1. The lowest BCUT2D eigenvalue weighted by atomic mass is 9.97. The quantitative estimate of drug-likeness (QED) is 0.218. The van der Waals surface area contributed by atoms with Crippen molar-refractivity contribution >= 4 is 23.5 Å². The van der Waals surface area contributed by atoms with E-state index in [-0.39, 0.29) is 24.5 Å². The molecule has 38 heavy (non-hydrogen) atoms. The predicted molar refractivity (Wildman–Crippen MR) is 145 cm³/mol. The first kappa shape index (κ1) is 26.9. The Morgan fingerprint density at radius 3 is 2.50 bits per heavy atom. The van der Waals surface area contributed by atoms with E-state index in [2.05, 4.69) is 15.5 Å². The van der Waals surface area contributed by atoms with Gasteiger partial charge < -0.3 is 20.3 Å². The second-order valence-corrected chi connectivity index (χ2v) is 9.21. The van der Waals surface area contributed by atoms with Gasteiger partial charge in [0.1, 0.15) is 11.4 Å².